The number of amides is 2. The molecule has 0 spiro atoms. The van der Waals surface area contributed by atoms with Crippen LogP contribution in [0.2, 0.25) is 0 Å². The number of nitrogens with zero attached hydrogens (tertiary/aromatic N) is 1. The Kier molecular flexibility index (Phi) is 6.84. The summed E-state index contributed by atoms with van der Waals surface area (Å²) in [6.07, 6.45) is 0. The first-order chi connectivity index (χ1) is 11.5. The minimum atomic E-state index is -0.483. The van der Waals surface area contributed by atoms with Crippen molar-refractivity contribution in [3.05, 3.63) is 60.2 Å². The maximum absolute atomic E-state index is 12.0. The zero-order valence-corrected chi connectivity index (χ0v) is 14.4. The quantitative estimate of drug-likeness (QED) is 0.722. The first-order valence-corrected chi connectivity index (χ1v) is 8.59. The molecule has 0 fully saturated rings. The third-order valence-corrected chi connectivity index (χ3v) is 4.34. The molecule has 0 saturated carbocycles. The molecule has 126 valence electrons. The molecular formula is C18H21N3O2S. The molecule has 6 heteroatoms. The second kappa shape index (κ2) is 9.10. The zero-order valence-electron chi connectivity index (χ0n) is 13.6. The number of hydrogen-bond donors (Lipinski definition) is 2. The van der Waals surface area contributed by atoms with Gasteiger partial charge in [-0.2, -0.15) is 0 Å². The van der Waals surface area contributed by atoms with Crippen molar-refractivity contribution in [3.63, 3.8) is 0 Å². The number of hydrogen-bond acceptors (Lipinski definition) is 4. The van der Waals surface area contributed by atoms with E-state index in [1.807, 2.05) is 30.1 Å². The number of likely N-dealkylation sites (N-methyl/N-ethyl adjacent to an activating group) is 1. The minimum Gasteiger partial charge on any atom is -0.366 e. The van der Waals surface area contributed by atoms with Crippen molar-refractivity contribution in [2.24, 2.45) is 5.73 Å². The highest BCUT2D eigenvalue weighted by atomic mass is 32.2. The molecule has 0 heterocycles. The predicted molar refractivity (Wildman–Crippen MR) is 98.3 cm³/mol. The van der Waals surface area contributed by atoms with Gasteiger partial charge in [0.1, 0.15) is 0 Å². The molecule has 0 aliphatic heterocycles. The lowest BCUT2D eigenvalue weighted by Crippen LogP contribution is -2.31. The highest BCUT2D eigenvalue weighted by Gasteiger charge is 2.08. The van der Waals surface area contributed by atoms with Gasteiger partial charge in [-0.1, -0.05) is 18.2 Å². The van der Waals surface area contributed by atoms with Crippen LogP contribution in [0.4, 0.5) is 5.69 Å². The Balaban J connectivity index is 1.72. The van der Waals surface area contributed by atoms with Crippen molar-refractivity contribution in [1.29, 1.82) is 0 Å². The van der Waals surface area contributed by atoms with E-state index >= 15 is 0 Å². The lowest BCUT2D eigenvalue weighted by atomic mass is 10.2. The van der Waals surface area contributed by atoms with E-state index in [4.69, 9.17) is 5.73 Å². The molecule has 3 N–H and O–H groups in total. The Bertz CT molecular complexity index is 674. The van der Waals surface area contributed by atoms with Crippen LogP contribution in [-0.4, -0.2) is 42.6 Å². The number of carbonyl (C=O) groups is 2. The van der Waals surface area contributed by atoms with Gasteiger partial charge < -0.3 is 11.1 Å². The molecule has 0 aliphatic rings. The van der Waals surface area contributed by atoms with Gasteiger partial charge in [-0.05, 0) is 43.4 Å². The molecule has 0 radical (unpaired) electrons. The smallest absolute Gasteiger partial charge is 0.248 e. The molecule has 0 atom stereocenters. The van der Waals surface area contributed by atoms with Crippen LogP contribution in [0.15, 0.2) is 59.5 Å². The van der Waals surface area contributed by atoms with Crippen molar-refractivity contribution in [1.82, 2.24) is 4.90 Å². The molecular weight excluding hydrogens is 322 g/mol. The van der Waals surface area contributed by atoms with E-state index in [0.29, 0.717) is 17.8 Å². The van der Waals surface area contributed by atoms with Crippen LogP contribution in [0.5, 0.6) is 0 Å². The van der Waals surface area contributed by atoms with Gasteiger partial charge in [0.15, 0.2) is 0 Å². The van der Waals surface area contributed by atoms with E-state index in [9.17, 15) is 9.59 Å². The van der Waals surface area contributed by atoms with Crippen LogP contribution in [0.1, 0.15) is 10.4 Å². The highest BCUT2D eigenvalue weighted by Crippen LogP contribution is 2.16. The van der Waals surface area contributed by atoms with E-state index in [1.54, 1.807) is 36.0 Å². The number of carbonyl (C=O) groups excluding carboxylic acids is 2. The fraction of sp³-hybridized carbons (Fsp3) is 0.222. The first kappa shape index (κ1) is 18.0. The van der Waals surface area contributed by atoms with Crippen molar-refractivity contribution in [3.8, 4) is 0 Å². The Labute approximate surface area is 146 Å². The number of thioether (sulfide) groups is 1. The van der Waals surface area contributed by atoms with Crippen LogP contribution < -0.4 is 11.1 Å². The van der Waals surface area contributed by atoms with Gasteiger partial charge in [-0.25, -0.2) is 0 Å². The van der Waals surface area contributed by atoms with Crippen LogP contribution in [0.25, 0.3) is 0 Å². The number of nitrogens with one attached hydrogen (secondary N) is 1. The topological polar surface area (TPSA) is 75.4 Å². The second-order valence-corrected chi connectivity index (χ2v) is 6.56. The molecule has 0 bridgehead atoms. The maximum atomic E-state index is 12.0. The van der Waals surface area contributed by atoms with Gasteiger partial charge in [-0.15, -0.1) is 11.8 Å². The molecule has 0 aromatic heterocycles. The Morgan fingerprint density at radius 2 is 1.75 bits per heavy atom. The minimum absolute atomic E-state index is 0.0889. The third kappa shape index (κ3) is 6.06. The summed E-state index contributed by atoms with van der Waals surface area (Å²) in [5.41, 5.74) is 6.25. The van der Waals surface area contributed by atoms with Gasteiger partial charge in [-0.3, -0.25) is 14.5 Å². The molecule has 2 rings (SSSR count). The normalized spacial score (nSPS) is 10.6. The lowest BCUT2D eigenvalue weighted by Gasteiger charge is -2.16. The Morgan fingerprint density at radius 1 is 1.08 bits per heavy atom. The van der Waals surface area contributed by atoms with Crippen molar-refractivity contribution in [2.75, 3.05) is 31.2 Å². The van der Waals surface area contributed by atoms with Crippen molar-refractivity contribution in [2.45, 2.75) is 4.90 Å². The monoisotopic (exact) mass is 343 g/mol. The van der Waals surface area contributed by atoms with Gasteiger partial charge in [0.25, 0.3) is 0 Å². The number of primary amides is 1. The van der Waals surface area contributed by atoms with E-state index in [2.05, 4.69) is 17.4 Å². The molecule has 0 aliphatic carbocycles. The van der Waals surface area contributed by atoms with Gasteiger partial charge >= 0.3 is 0 Å². The fourth-order valence-electron chi connectivity index (χ4n) is 2.08. The zero-order chi connectivity index (χ0) is 17.4. The standard InChI is InChI=1S/C18H21N3O2S/c1-21(11-12-24-16-5-3-2-4-6-16)13-17(22)20-15-9-7-14(8-10-15)18(19)23/h2-10H,11-13H2,1H3,(H2,19,23)(H,20,22). The summed E-state index contributed by atoms with van der Waals surface area (Å²) in [5.74, 6) is 0.346. The van der Waals surface area contributed by atoms with Crippen LogP contribution >= 0.6 is 11.8 Å². The molecule has 2 aromatic rings. The van der Waals surface area contributed by atoms with E-state index in [1.165, 1.54) is 4.90 Å². The summed E-state index contributed by atoms with van der Waals surface area (Å²) < 4.78 is 0. The van der Waals surface area contributed by atoms with E-state index in [-0.39, 0.29) is 5.91 Å². The number of anilines is 1. The summed E-state index contributed by atoms with van der Waals surface area (Å²) in [6, 6.07) is 16.7. The summed E-state index contributed by atoms with van der Waals surface area (Å²) in [5, 5.41) is 2.81. The van der Waals surface area contributed by atoms with Crippen LogP contribution in [-0.2, 0) is 4.79 Å². The Hall–Kier alpha value is -2.31. The lowest BCUT2D eigenvalue weighted by molar-refractivity contribution is -0.117. The number of nitrogens with two attached hydrogens (primary N) is 1. The first-order valence-electron chi connectivity index (χ1n) is 7.60. The average molecular weight is 343 g/mol. The SMILES string of the molecule is CN(CCSc1ccccc1)CC(=O)Nc1ccc(C(N)=O)cc1. The largest absolute Gasteiger partial charge is 0.366 e. The fourth-order valence-corrected chi connectivity index (χ4v) is 3.07. The van der Waals surface area contributed by atoms with Gasteiger partial charge in [0.2, 0.25) is 11.8 Å². The summed E-state index contributed by atoms with van der Waals surface area (Å²) in [4.78, 5) is 26.2. The Morgan fingerprint density at radius 3 is 2.38 bits per heavy atom. The molecule has 5 nitrogen and oxygen atoms in total. The number of benzene rings is 2. The summed E-state index contributed by atoms with van der Waals surface area (Å²) in [6.45, 7) is 1.13. The molecule has 2 amide bonds. The van der Waals surface area contributed by atoms with Crippen LogP contribution in [0.3, 0.4) is 0 Å². The second-order valence-electron chi connectivity index (χ2n) is 5.39. The molecule has 0 unspecified atom stereocenters. The maximum Gasteiger partial charge on any atom is 0.248 e. The summed E-state index contributed by atoms with van der Waals surface area (Å²) >= 11 is 1.77. The summed E-state index contributed by atoms with van der Waals surface area (Å²) in [7, 11) is 1.92. The average Bonchev–Trinajstić information content (AvgIpc) is 2.56. The molecule has 0 saturated heterocycles. The van der Waals surface area contributed by atoms with Crippen LogP contribution in [0, 0.1) is 0 Å². The van der Waals surface area contributed by atoms with Crippen molar-refractivity contribution < 1.29 is 9.59 Å². The molecule has 24 heavy (non-hydrogen) atoms. The van der Waals surface area contributed by atoms with E-state index < -0.39 is 5.91 Å². The highest BCUT2D eigenvalue weighted by molar-refractivity contribution is 7.99. The molecule has 2 aromatic carbocycles. The number of rotatable bonds is 8. The predicted octanol–water partition coefficient (Wildman–Crippen LogP) is 2.45. The third-order valence-electron chi connectivity index (χ3n) is 3.35. The van der Waals surface area contributed by atoms with Crippen molar-refractivity contribution >= 4 is 29.3 Å². The van der Waals surface area contributed by atoms with E-state index in [0.717, 1.165) is 12.3 Å². The van der Waals surface area contributed by atoms with Gasteiger partial charge in [0, 0.05) is 28.4 Å². The van der Waals surface area contributed by atoms with Gasteiger partial charge in [0.05, 0.1) is 6.54 Å².